The second kappa shape index (κ2) is 20.5. The van der Waals surface area contributed by atoms with Crippen molar-refractivity contribution in [1.82, 2.24) is 20.1 Å². The van der Waals surface area contributed by atoms with Crippen molar-refractivity contribution >= 4 is 51.8 Å². The van der Waals surface area contributed by atoms with Crippen molar-refractivity contribution in [3.63, 3.8) is 0 Å². The van der Waals surface area contributed by atoms with Gasteiger partial charge in [-0.1, -0.05) is 66.2 Å². The molecule has 4 aromatic carbocycles. The number of hydrogen-bond acceptors (Lipinski definition) is 9. The molecule has 0 spiro atoms. The lowest BCUT2D eigenvalue weighted by atomic mass is 10.0. The number of benzene rings is 4. The van der Waals surface area contributed by atoms with Gasteiger partial charge in [0.2, 0.25) is 17.4 Å². The van der Waals surface area contributed by atoms with E-state index in [1.165, 1.54) is 19.2 Å². The van der Waals surface area contributed by atoms with E-state index in [1.54, 1.807) is 41.1 Å². The van der Waals surface area contributed by atoms with Gasteiger partial charge < -0.3 is 45.5 Å². The molecule has 1 aliphatic carbocycles. The maximum absolute atomic E-state index is 13.1. The molecule has 0 radical (unpaired) electrons. The summed E-state index contributed by atoms with van der Waals surface area (Å²) in [6, 6.07) is 26.8. The summed E-state index contributed by atoms with van der Waals surface area (Å²) in [4.78, 5) is 58.7. The highest BCUT2D eigenvalue weighted by Crippen LogP contribution is 2.43. The van der Waals surface area contributed by atoms with Gasteiger partial charge in [-0.3, -0.25) is 19.3 Å². The molecule has 15 heteroatoms. The van der Waals surface area contributed by atoms with Crippen LogP contribution in [0.3, 0.4) is 0 Å². The van der Waals surface area contributed by atoms with Gasteiger partial charge in [-0.05, 0) is 72.9 Å². The molecule has 1 unspecified atom stereocenters. The predicted octanol–water partition coefficient (Wildman–Crippen LogP) is 7.24. The van der Waals surface area contributed by atoms with Crippen LogP contribution in [0.4, 0.5) is 16.2 Å². The number of aromatic amines is 1. The van der Waals surface area contributed by atoms with Gasteiger partial charge >= 0.3 is 6.09 Å². The van der Waals surface area contributed by atoms with E-state index in [4.69, 9.17) is 16.3 Å². The molecule has 63 heavy (non-hydrogen) atoms. The molecule has 14 nitrogen and oxygen atoms in total. The Morgan fingerprint density at radius 2 is 1.68 bits per heavy atom. The molecule has 5 aromatic rings. The smallest absolute Gasteiger partial charge is 0.412 e. The first-order valence-corrected chi connectivity index (χ1v) is 21.8. The van der Waals surface area contributed by atoms with Crippen molar-refractivity contribution in [2.45, 2.75) is 57.2 Å². The summed E-state index contributed by atoms with van der Waals surface area (Å²) in [6.45, 7) is 3.35. The minimum Gasteiger partial charge on any atom is -0.506 e. The average molecular weight is 879 g/mol. The van der Waals surface area contributed by atoms with Crippen molar-refractivity contribution in [1.29, 1.82) is 0 Å². The van der Waals surface area contributed by atoms with E-state index in [9.17, 15) is 34.5 Å². The third kappa shape index (κ3) is 10.8. The number of phenolic OH excluding ortho intramolecular Hbond substituents is 1. The maximum atomic E-state index is 13.1. The molecule has 1 aromatic heterocycles. The molecule has 2 aliphatic rings. The number of phenols is 1. The molecular formula is C48H55ClN6O8. The first kappa shape index (κ1) is 45.1. The van der Waals surface area contributed by atoms with Crippen LogP contribution in [-0.2, 0) is 16.1 Å². The number of para-hydroxylation sites is 1. The first-order valence-electron chi connectivity index (χ1n) is 21.4. The van der Waals surface area contributed by atoms with Gasteiger partial charge in [-0.2, -0.15) is 0 Å². The summed E-state index contributed by atoms with van der Waals surface area (Å²) in [6.07, 6.45) is 1.59. The van der Waals surface area contributed by atoms with Crippen LogP contribution in [-0.4, -0.2) is 101 Å². The number of likely N-dealkylation sites (tertiary alicyclic amines) is 1. The quantitative estimate of drug-likeness (QED) is 0.0490. The highest BCUT2D eigenvalue weighted by molar-refractivity contribution is 6.33. The Kier molecular flexibility index (Phi) is 14.7. The van der Waals surface area contributed by atoms with Gasteiger partial charge in [0.15, 0.2) is 0 Å². The topological polar surface area (TPSA) is 188 Å². The number of carboxylic acid groups (broad SMARTS) is 1. The zero-order chi connectivity index (χ0) is 44.6. The monoisotopic (exact) mass is 878 g/mol. The largest absolute Gasteiger partial charge is 0.506 e. The summed E-state index contributed by atoms with van der Waals surface area (Å²) in [5, 5.41) is 38.4. The Labute approximate surface area is 371 Å². The predicted molar refractivity (Wildman–Crippen MR) is 244 cm³/mol. The zero-order valence-electron chi connectivity index (χ0n) is 35.6. The Balaban J connectivity index is 0.809. The summed E-state index contributed by atoms with van der Waals surface area (Å²) in [5.41, 5.74) is 4.17. The standard InChI is InChI=1S/C48H55ClN6O8/c1-53(46(60)19-21-54-28-32-22-34(23-33(32)29-54)55(48(61)62)40-13-7-6-12-35(40)30-10-4-3-5-11-30)20-9-8-14-44(58)51-39-25-43(63-2)31(24-38(39)49)26-50-27-42(57)36-15-17-41(56)47-37(36)16-18-45(59)52-47/h3-7,10-13,15-18,24-25,32-34,42,50,56-57H,8-9,14,19-23,26-29H2,1-2H3,(H,51,58)(H,52,59)(H,61,62)/t32-,33+,34?,42-/m0/s1. The van der Waals surface area contributed by atoms with Gasteiger partial charge in [-0.15, -0.1) is 0 Å². The number of fused-ring (bicyclic) bond motifs is 2. The van der Waals surface area contributed by atoms with Crippen LogP contribution in [0.2, 0.25) is 5.02 Å². The van der Waals surface area contributed by atoms with E-state index in [2.05, 4.69) is 20.5 Å². The number of nitrogens with zero attached hydrogens (tertiary/aromatic N) is 3. The number of methoxy groups -OCH3 is 1. The van der Waals surface area contributed by atoms with Crippen molar-refractivity contribution in [3.8, 4) is 22.6 Å². The van der Waals surface area contributed by atoms with Gasteiger partial charge in [0.05, 0.1) is 35.1 Å². The van der Waals surface area contributed by atoms with E-state index >= 15 is 0 Å². The number of aromatic nitrogens is 1. The Morgan fingerprint density at radius 3 is 2.41 bits per heavy atom. The summed E-state index contributed by atoms with van der Waals surface area (Å²) in [5.74, 6) is 1.02. The van der Waals surface area contributed by atoms with Crippen LogP contribution in [0, 0.1) is 11.8 Å². The minimum atomic E-state index is -0.946. The number of nitrogens with one attached hydrogen (secondary N) is 3. The molecule has 2 heterocycles. The second-order valence-corrected chi connectivity index (χ2v) is 17.0. The lowest BCUT2D eigenvalue weighted by molar-refractivity contribution is -0.130. The molecule has 1 aliphatic heterocycles. The fourth-order valence-electron chi connectivity index (χ4n) is 9.20. The third-order valence-corrected chi connectivity index (χ3v) is 12.7. The number of amides is 3. The molecular weight excluding hydrogens is 824 g/mol. The van der Waals surface area contributed by atoms with Crippen molar-refractivity contribution in [2.24, 2.45) is 11.8 Å². The summed E-state index contributed by atoms with van der Waals surface area (Å²) < 4.78 is 5.58. The summed E-state index contributed by atoms with van der Waals surface area (Å²) in [7, 11) is 3.31. The van der Waals surface area contributed by atoms with Crippen LogP contribution in [0.15, 0.2) is 95.8 Å². The zero-order valence-corrected chi connectivity index (χ0v) is 36.3. The van der Waals surface area contributed by atoms with Gasteiger partial charge in [-0.25, -0.2) is 4.79 Å². The Hall–Kier alpha value is -5.93. The van der Waals surface area contributed by atoms with E-state index in [-0.39, 0.29) is 47.6 Å². The molecule has 0 bridgehead atoms. The molecule has 6 N–H and O–H groups in total. The Bertz CT molecular complexity index is 2470. The number of ether oxygens (including phenoxy) is 1. The van der Waals surface area contributed by atoms with Gasteiger partial charge in [0, 0.05) is 93.8 Å². The molecule has 3 amide bonds. The van der Waals surface area contributed by atoms with E-state index < -0.39 is 12.2 Å². The Morgan fingerprint density at radius 1 is 0.952 bits per heavy atom. The average Bonchev–Trinajstić information content (AvgIpc) is 3.85. The lowest BCUT2D eigenvalue weighted by Gasteiger charge is -2.30. The lowest BCUT2D eigenvalue weighted by Crippen LogP contribution is -2.40. The molecule has 1 saturated heterocycles. The van der Waals surface area contributed by atoms with Crippen LogP contribution in [0.5, 0.6) is 11.5 Å². The molecule has 2 fully saturated rings. The van der Waals surface area contributed by atoms with Gasteiger partial charge in [0.25, 0.3) is 0 Å². The highest BCUT2D eigenvalue weighted by Gasteiger charge is 2.44. The van der Waals surface area contributed by atoms with Crippen molar-refractivity contribution in [2.75, 3.05) is 57.1 Å². The fourth-order valence-corrected chi connectivity index (χ4v) is 9.43. The number of rotatable bonds is 18. The van der Waals surface area contributed by atoms with Crippen LogP contribution in [0.25, 0.3) is 22.0 Å². The number of H-pyrrole nitrogens is 1. The van der Waals surface area contributed by atoms with E-state index in [0.29, 0.717) is 89.4 Å². The minimum absolute atomic E-state index is 0.0540. The van der Waals surface area contributed by atoms with E-state index in [1.807, 2.05) is 54.6 Å². The fraction of sp³-hybridized carbons (Fsp3) is 0.375. The number of aromatic hydroxyl groups is 1. The van der Waals surface area contributed by atoms with Crippen LogP contribution >= 0.6 is 11.6 Å². The number of hydrogen-bond donors (Lipinski definition) is 6. The normalized spacial score (nSPS) is 17.6. The molecule has 4 atom stereocenters. The van der Waals surface area contributed by atoms with E-state index in [0.717, 1.165) is 37.1 Å². The van der Waals surface area contributed by atoms with Crippen LogP contribution < -0.4 is 25.8 Å². The van der Waals surface area contributed by atoms with Gasteiger partial charge in [0.1, 0.15) is 11.5 Å². The number of pyridine rings is 1. The first-order chi connectivity index (χ1) is 30.4. The number of aliphatic hydroxyl groups excluding tert-OH is 1. The third-order valence-electron chi connectivity index (χ3n) is 12.4. The van der Waals surface area contributed by atoms with Crippen LogP contribution in [0.1, 0.15) is 55.8 Å². The van der Waals surface area contributed by atoms with Crippen molar-refractivity contribution in [3.05, 3.63) is 117 Å². The molecule has 1 saturated carbocycles. The number of halogens is 1. The van der Waals surface area contributed by atoms with Crippen molar-refractivity contribution < 1.29 is 34.4 Å². The number of anilines is 2. The SMILES string of the molecule is COc1cc(NC(=O)CCCCN(C)C(=O)CCN2C[C@H]3CC(N(C(=O)O)c4ccccc4-c4ccccc4)C[C@H]3C2)c(Cl)cc1CNC[C@H](O)c1ccc(O)c2[nH]c(=O)ccc12. The molecule has 7 rings (SSSR count). The maximum Gasteiger partial charge on any atom is 0.412 e. The number of aliphatic hydroxyl groups is 1. The number of carbonyl (C=O) groups is 3. The highest BCUT2D eigenvalue weighted by atomic mass is 35.5. The molecule has 332 valence electrons. The number of carbonyl (C=O) groups excluding carboxylic acids is 2. The summed E-state index contributed by atoms with van der Waals surface area (Å²) >= 11 is 6.58. The number of unbranched alkanes of at least 4 members (excludes halogenated alkanes) is 1. The second-order valence-electron chi connectivity index (χ2n) is 16.6.